The molecule has 242 valence electrons. The van der Waals surface area contributed by atoms with Crippen LogP contribution in [0.5, 0.6) is 0 Å². The molecule has 4 heterocycles. The Morgan fingerprint density at radius 3 is 1.63 bits per heavy atom. The Balaban J connectivity index is 1.43. The van der Waals surface area contributed by atoms with Crippen LogP contribution in [-0.4, -0.2) is 8.07 Å². The van der Waals surface area contributed by atoms with E-state index in [1.807, 2.05) is 45.3 Å². The first-order chi connectivity index (χ1) is 22.1. The first-order valence-corrected chi connectivity index (χ1v) is 24.9. The number of benzene rings is 1. The molecule has 0 aliphatic carbocycles. The SMILES string of the molecule is CCCCCCc1cc(C#C[Si](C)(C)C)sc1-c1ccc(-c2ccc(-c3sc(-c4cc(Br)cc(Br)c4)cc3CCCCCC)s2)s1. The summed E-state index contributed by atoms with van der Waals surface area (Å²) in [5.74, 6) is 3.56. The standard InChI is InChI=1S/C39H44Br2S4Si/c1-6-8-10-12-14-27-24-32(20-21-46(3,4)5)42-38(27)35-18-16-33(43-35)34-17-19-36(44-34)39-28(15-13-11-9-7-2)25-37(45-39)29-22-30(40)26-31(41)23-29/h16-19,22-26H,6-15H2,1-5H3. The molecule has 0 nitrogen and oxygen atoms in total. The predicted molar refractivity (Wildman–Crippen MR) is 221 cm³/mol. The van der Waals surface area contributed by atoms with Gasteiger partial charge >= 0.3 is 0 Å². The van der Waals surface area contributed by atoms with Crippen molar-refractivity contribution >= 4 is 85.3 Å². The summed E-state index contributed by atoms with van der Waals surface area (Å²) in [5, 5.41) is 0. The highest BCUT2D eigenvalue weighted by Crippen LogP contribution is 2.47. The van der Waals surface area contributed by atoms with E-state index in [2.05, 4.69) is 131 Å². The van der Waals surface area contributed by atoms with Gasteiger partial charge in [0, 0.05) is 43.1 Å². The quantitative estimate of drug-likeness (QED) is 0.0594. The van der Waals surface area contributed by atoms with Crippen molar-refractivity contribution in [1.29, 1.82) is 0 Å². The number of aryl methyl sites for hydroxylation is 2. The minimum Gasteiger partial charge on any atom is -0.134 e. The molecule has 1 aromatic carbocycles. The van der Waals surface area contributed by atoms with E-state index >= 15 is 0 Å². The number of hydrogen-bond acceptors (Lipinski definition) is 4. The molecule has 0 fully saturated rings. The lowest BCUT2D eigenvalue weighted by Gasteiger charge is -2.02. The second-order valence-corrected chi connectivity index (χ2v) is 23.9. The smallest absolute Gasteiger partial charge is 0.129 e. The highest BCUT2D eigenvalue weighted by molar-refractivity contribution is 9.11. The largest absolute Gasteiger partial charge is 0.134 e. The molecule has 0 bridgehead atoms. The molecule has 46 heavy (non-hydrogen) atoms. The van der Waals surface area contributed by atoms with Crippen LogP contribution < -0.4 is 0 Å². The van der Waals surface area contributed by atoms with Gasteiger partial charge in [-0.3, -0.25) is 0 Å². The number of thiophene rings is 4. The van der Waals surface area contributed by atoms with Gasteiger partial charge in [-0.25, -0.2) is 0 Å². The van der Waals surface area contributed by atoms with Crippen molar-refractivity contribution in [3.05, 3.63) is 79.5 Å². The molecular weight excluding hydrogens is 785 g/mol. The van der Waals surface area contributed by atoms with E-state index in [0.29, 0.717) is 0 Å². The van der Waals surface area contributed by atoms with Gasteiger partial charge in [0.2, 0.25) is 0 Å². The molecule has 4 aromatic heterocycles. The predicted octanol–water partition coefficient (Wildman–Crippen LogP) is 15.6. The zero-order valence-electron chi connectivity index (χ0n) is 27.7. The maximum Gasteiger partial charge on any atom is 0.129 e. The number of halogens is 2. The second-order valence-electron chi connectivity index (χ2n) is 13.0. The van der Waals surface area contributed by atoms with Gasteiger partial charge in [-0.2, -0.15) is 0 Å². The summed E-state index contributed by atoms with van der Waals surface area (Å²) >= 11 is 15.1. The molecule has 0 aliphatic rings. The van der Waals surface area contributed by atoms with E-state index in [4.69, 9.17) is 0 Å². The molecule has 0 amide bonds. The summed E-state index contributed by atoms with van der Waals surface area (Å²) in [6.45, 7) is 11.6. The summed E-state index contributed by atoms with van der Waals surface area (Å²) in [4.78, 5) is 10.9. The highest BCUT2D eigenvalue weighted by atomic mass is 79.9. The molecule has 0 N–H and O–H groups in total. The summed E-state index contributed by atoms with van der Waals surface area (Å²) in [6.07, 6.45) is 12.6. The second kappa shape index (κ2) is 16.9. The van der Waals surface area contributed by atoms with Crippen molar-refractivity contribution in [3.63, 3.8) is 0 Å². The van der Waals surface area contributed by atoms with Crippen molar-refractivity contribution < 1.29 is 0 Å². The summed E-state index contributed by atoms with van der Waals surface area (Å²) < 4.78 is 2.21. The topological polar surface area (TPSA) is 0 Å². The van der Waals surface area contributed by atoms with Crippen LogP contribution in [0.1, 0.15) is 81.2 Å². The molecule has 0 atom stereocenters. The van der Waals surface area contributed by atoms with Gasteiger partial charge < -0.3 is 0 Å². The fourth-order valence-electron chi connectivity index (χ4n) is 5.46. The van der Waals surface area contributed by atoms with E-state index < -0.39 is 8.07 Å². The van der Waals surface area contributed by atoms with Crippen LogP contribution in [0.15, 0.2) is 63.5 Å². The Hall–Kier alpha value is -1.24. The van der Waals surface area contributed by atoms with Gasteiger partial charge in [-0.05, 0) is 97.0 Å². The molecule has 0 unspecified atom stereocenters. The molecule has 0 radical (unpaired) electrons. The van der Waals surface area contributed by atoms with Crippen LogP contribution in [0, 0.1) is 11.5 Å². The maximum atomic E-state index is 3.70. The monoisotopic (exact) mass is 826 g/mol. The third-order valence-corrected chi connectivity index (χ3v) is 14.7. The Morgan fingerprint density at radius 1 is 0.565 bits per heavy atom. The van der Waals surface area contributed by atoms with Gasteiger partial charge in [0.15, 0.2) is 0 Å². The van der Waals surface area contributed by atoms with Gasteiger partial charge in [0.1, 0.15) is 8.07 Å². The fourth-order valence-corrected chi connectivity index (χ4v) is 12.0. The van der Waals surface area contributed by atoms with E-state index in [9.17, 15) is 0 Å². The van der Waals surface area contributed by atoms with Gasteiger partial charge in [-0.1, -0.05) is 110 Å². The third-order valence-electron chi connectivity index (χ3n) is 7.83. The average Bonchev–Trinajstić information content (AvgIpc) is 3.81. The number of unbranched alkanes of at least 4 members (excludes halogenated alkanes) is 6. The van der Waals surface area contributed by atoms with Crippen LogP contribution in [0.4, 0.5) is 0 Å². The highest BCUT2D eigenvalue weighted by Gasteiger charge is 2.18. The van der Waals surface area contributed by atoms with Crippen molar-refractivity contribution in [2.75, 3.05) is 0 Å². The lowest BCUT2D eigenvalue weighted by molar-refractivity contribution is 0.668. The average molecular weight is 829 g/mol. The summed E-state index contributed by atoms with van der Waals surface area (Å²) in [6, 6.07) is 20.8. The zero-order valence-corrected chi connectivity index (χ0v) is 35.1. The first-order valence-electron chi connectivity index (χ1n) is 16.6. The van der Waals surface area contributed by atoms with Gasteiger partial charge in [0.05, 0.1) is 4.88 Å². The van der Waals surface area contributed by atoms with Crippen LogP contribution in [-0.2, 0) is 12.8 Å². The molecular formula is C39H44Br2S4Si. The van der Waals surface area contributed by atoms with Gasteiger partial charge in [-0.15, -0.1) is 50.9 Å². The Kier molecular flexibility index (Phi) is 13.3. The third kappa shape index (κ3) is 9.90. The summed E-state index contributed by atoms with van der Waals surface area (Å²) in [7, 11) is -1.42. The minimum absolute atomic E-state index is 1.10. The Bertz CT molecular complexity index is 1780. The molecule has 0 aliphatic heterocycles. The van der Waals surface area contributed by atoms with E-state index in [0.717, 1.165) is 21.8 Å². The van der Waals surface area contributed by atoms with Crippen LogP contribution in [0.25, 0.3) is 39.7 Å². The normalized spacial score (nSPS) is 11.6. The van der Waals surface area contributed by atoms with Crippen molar-refractivity contribution in [3.8, 4) is 51.2 Å². The summed E-state index contributed by atoms with van der Waals surface area (Å²) in [5.41, 5.74) is 7.84. The van der Waals surface area contributed by atoms with Gasteiger partial charge in [0.25, 0.3) is 0 Å². The molecule has 0 saturated heterocycles. The van der Waals surface area contributed by atoms with Crippen molar-refractivity contribution in [2.24, 2.45) is 0 Å². The van der Waals surface area contributed by atoms with Crippen LogP contribution in [0.3, 0.4) is 0 Å². The molecule has 5 rings (SSSR count). The van der Waals surface area contributed by atoms with Crippen LogP contribution >= 0.6 is 77.2 Å². The number of hydrogen-bond donors (Lipinski definition) is 0. The van der Waals surface area contributed by atoms with E-state index in [1.54, 1.807) is 0 Å². The zero-order chi connectivity index (χ0) is 32.7. The van der Waals surface area contributed by atoms with E-state index in [1.165, 1.54) is 107 Å². The molecule has 7 heteroatoms. The lowest BCUT2D eigenvalue weighted by atomic mass is 10.0. The maximum absolute atomic E-state index is 3.70. The first kappa shape index (κ1) is 36.0. The lowest BCUT2D eigenvalue weighted by Crippen LogP contribution is -2.16. The van der Waals surface area contributed by atoms with Crippen molar-refractivity contribution in [2.45, 2.75) is 97.7 Å². The van der Waals surface area contributed by atoms with E-state index in [-0.39, 0.29) is 0 Å². The minimum atomic E-state index is -1.42. The Labute approximate surface area is 311 Å². The molecule has 0 spiro atoms. The van der Waals surface area contributed by atoms with Crippen molar-refractivity contribution in [1.82, 2.24) is 0 Å². The number of rotatable bonds is 14. The molecule has 5 aromatic rings. The fraction of sp³-hybridized carbons (Fsp3) is 0.385. The molecule has 0 saturated carbocycles. The van der Waals surface area contributed by atoms with Crippen LogP contribution in [0.2, 0.25) is 19.6 Å². The Morgan fingerprint density at radius 2 is 1.09 bits per heavy atom.